The normalized spacial score (nSPS) is 27.2. The summed E-state index contributed by atoms with van der Waals surface area (Å²) in [6.07, 6.45) is -0.983. The highest BCUT2D eigenvalue weighted by Gasteiger charge is 2.42. The monoisotopic (exact) mass is 360 g/mol. The first-order valence-electron chi connectivity index (χ1n) is 8.18. The SMILES string of the molecule is O=C(NCC1C[C@H]2CC[C@@H](C1)N2Cc1ccc(Cl)cc1)C(F)(F)F. The van der Waals surface area contributed by atoms with E-state index in [2.05, 4.69) is 4.90 Å². The minimum absolute atomic E-state index is 0.111. The number of hydrogen-bond acceptors (Lipinski definition) is 2. The smallest absolute Gasteiger partial charge is 0.348 e. The largest absolute Gasteiger partial charge is 0.471 e. The maximum absolute atomic E-state index is 12.3. The first-order chi connectivity index (χ1) is 11.3. The fourth-order valence-electron chi connectivity index (χ4n) is 3.95. The number of rotatable bonds is 4. The highest BCUT2D eigenvalue weighted by Crippen LogP contribution is 2.39. The molecule has 3 atom stereocenters. The van der Waals surface area contributed by atoms with Gasteiger partial charge in [0.05, 0.1) is 0 Å². The molecule has 2 heterocycles. The van der Waals surface area contributed by atoms with Crippen molar-refractivity contribution in [1.29, 1.82) is 0 Å². The maximum Gasteiger partial charge on any atom is 0.471 e. The van der Waals surface area contributed by atoms with E-state index < -0.39 is 12.1 Å². The van der Waals surface area contributed by atoms with E-state index in [1.807, 2.05) is 29.6 Å². The Labute approximate surface area is 144 Å². The van der Waals surface area contributed by atoms with E-state index in [-0.39, 0.29) is 12.5 Å². The lowest BCUT2D eigenvalue weighted by molar-refractivity contribution is -0.173. The van der Waals surface area contributed by atoms with Gasteiger partial charge in [-0.2, -0.15) is 13.2 Å². The lowest BCUT2D eigenvalue weighted by Gasteiger charge is -2.39. The van der Waals surface area contributed by atoms with Crippen LogP contribution < -0.4 is 5.32 Å². The molecule has 0 radical (unpaired) electrons. The molecule has 1 aromatic rings. The van der Waals surface area contributed by atoms with Crippen LogP contribution >= 0.6 is 11.6 Å². The minimum atomic E-state index is -4.80. The van der Waals surface area contributed by atoms with Crippen LogP contribution in [0.2, 0.25) is 5.02 Å². The van der Waals surface area contributed by atoms with Gasteiger partial charge in [0.2, 0.25) is 0 Å². The van der Waals surface area contributed by atoms with Gasteiger partial charge in [0.15, 0.2) is 0 Å². The number of benzene rings is 1. The van der Waals surface area contributed by atoms with Crippen LogP contribution in [0.5, 0.6) is 0 Å². The van der Waals surface area contributed by atoms with Gasteiger partial charge in [-0.15, -0.1) is 0 Å². The second-order valence-electron chi connectivity index (χ2n) is 6.73. The van der Waals surface area contributed by atoms with Crippen LogP contribution in [0.4, 0.5) is 13.2 Å². The Bertz CT molecular complexity index is 576. The van der Waals surface area contributed by atoms with Crippen molar-refractivity contribution < 1.29 is 18.0 Å². The predicted molar refractivity (Wildman–Crippen MR) is 85.6 cm³/mol. The van der Waals surface area contributed by atoms with Crippen LogP contribution in [-0.2, 0) is 11.3 Å². The zero-order chi connectivity index (χ0) is 17.3. The Balaban J connectivity index is 1.54. The number of piperidine rings is 1. The van der Waals surface area contributed by atoms with Crippen molar-refractivity contribution in [3.8, 4) is 0 Å². The Morgan fingerprint density at radius 3 is 2.29 bits per heavy atom. The Morgan fingerprint density at radius 1 is 1.17 bits per heavy atom. The number of amides is 1. The lowest BCUT2D eigenvalue weighted by atomic mass is 9.90. The topological polar surface area (TPSA) is 32.3 Å². The average molecular weight is 361 g/mol. The average Bonchev–Trinajstić information content (AvgIpc) is 2.76. The van der Waals surface area contributed by atoms with Gasteiger partial charge in [-0.05, 0) is 49.3 Å². The second-order valence-corrected chi connectivity index (χ2v) is 7.17. The molecule has 1 amide bonds. The van der Waals surface area contributed by atoms with Crippen LogP contribution in [0.3, 0.4) is 0 Å². The van der Waals surface area contributed by atoms with Gasteiger partial charge in [0.25, 0.3) is 0 Å². The van der Waals surface area contributed by atoms with Gasteiger partial charge in [-0.3, -0.25) is 9.69 Å². The zero-order valence-electron chi connectivity index (χ0n) is 13.2. The summed E-state index contributed by atoms with van der Waals surface area (Å²) in [6.45, 7) is 0.953. The third kappa shape index (κ3) is 4.03. The summed E-state index contributed by atoms with van der Waals surface area (Å²) in [6, 6.07) is 8.53. The lowest BCUT2D eigenvalue weighted by Crippen LogP contribution is -2.46. The van der Waals surface area contributed by atoms with Crippen molar-refractivity contribution in [3.63, 3.8) is 0 Å². The van der Waals surface area contributed by atoms with Crippen molar-refractivity contribution in [2.75, 3.05) is 6.54 Å². The third-order valence-corrected chi connectivity index (χ3v) is 5.32. The summed E-state index contributed by atoms with van der Waals surface area (Å²) in [4.78, 5) is 13.4. The molecule has 0 spiro atoms. The molecule has 2 fully saturated rings. The van der Waals surface area contributed by atoms with Gasteiger partial charge in [-0.25, -0.2) is 0 Å². The molecule has 0 saturated carbocycles. The summed E-state index contributed by atoms with van der Waals surface area (Å²) in [5, 5.41) is 2.74. The van der Waals surface area contributed by atoms with Crippen LogP contribution in [0.25, 0.3) is 0 Å². The molecule has 132 valence electrons. The Kier molecular flexibility index (Phi) is 5.06. The van der Waals surface area contributed by atoms with E-state index >= 15 is 0 Å². The molecular formula is C17H20ClF3N2O. The molecule has 3 nitrogen and oxygen atoms in total. The van der Waals surface area contributed by atoms with E-state index in [0.29, 0.717) is 17.1 Å². The molecule has 2 aliphatic heterocycles. The molecule has 7 heteroatoms. The number of carbonyl (C=O) groups excluding carboxylic acids is 1. The Morgan fingerprint density at radius 2 is 1.75 bits per heavy atom. The van der Waals surface area contributed by atoms with E-state index in [1.165, 1.54) is 5.56 Å². The summed E-state index contributed by atoms with van der Waals surface area (Å²) in [5.74, 6) is -1.71. The molecular weight excluding hydrogens is 341 g/mol. The van der Waals surface area contributed by atoms with Crippen LogP contribution in [0.15, 0.2) is 24.3 Å². The first-order valence-corrected chi connectivity index (χ1v) is 8.56. The minimum Gasteiger partial charge on any atom is -0.348 e. The van der Waals surface area contributed by atoms with Gasteiger partial charge in [0, 0.05) is 30.2 Å². The van der Waals surface area contributed by atoms with E-state index in [1.54, 1.807) is 0 Å². The van der Waals surface area contributed by atoms with Crippen LogP contribution in [-0.4, -0.2) is 35.6 Å². The van der Waals surface area contributed by atoms with Crippen molar-refractivity contribution in [3.05, 3.63) is 34.9 Å². The maximum atomic E-state index is 12.3. The zero-order valence-corrected chi connectivity index (χ0v) is 13.9. The van der Waals surface area contributed by atoms with Crippen LogP contribution in [0, 0.1) is 5.92 Å². The highest BCUT2D eigenvalue weighted by atomic mass is 35.5. The summed E-state index contributed by atoms with van der Waals surface area (Å²) < 4.78 is 36.8. The number of carbonyl (C=O) groups is 1. The fourth-order valence-corrected chi connectivity index (χ4v) is 4.08. The number of alkyl halides is 3. The molecule has 1 unspecified atom stereocenters. The van der Waals surface area contributed by atoms with Gasteiger partial charge < -0.3 is 5.32 Å². The van der Waals surface area contributed by atoms with Crippen LogP contribution in [0.1, 0.15) is 31.2 Å². The van der Waals surface area contributed by atoms with Crippen molar-refractivity contribution in [2.24, 2.45) is 5.92 Å². The van der Waals surface area contributed by atoms with Crippen molar-refractivity contribution in [2.45, 2.75) is 50.5 Å². The van der Waals surface area contributed by atoms with Gasteiger partial charge in [-0.1, -0.05) is 23.7 Å². The molecule has 1 aromatic carbocycles. The number of nitrogens with zero attached hydrogens (tertiary/aromatic N) is 1. The van der Waals surface area contributed by atoms with Crippen molar-refractivity contribution in [1.82, 2.24) is 10.2 Å². The molecule has 0 aromatic heterocycles. The number of halogens is 4. The predicted octanol–water partition coefficient (Wildman–Crippen LogP) is 3.76. The fraction of sp³-hybridized carbons (Fsp3) is 0.588. The number of hydrogen-bond donors (Lipinski definition) is 1. The molecule has 3 rings (SSSR count). The summed E-state index contributed by atoms with van der Waals surface area (Å²) in [5.41, 5.74) is 1.19. The number of fused-ring (bicyclic) bond motifs is 2. The molecule has 2 bridgehead atoms. The quantitative estimate of drug-likeness (QED) is 0.886. The number of nitrogens with one attached hydrogen (secondary N) is 1. The van der Waals surface area contributed by atoms with E-state index in [9.17, 15) is 18.0 Å². The highest BCUT2D eigenvalue weighted by molar-refractivity contribution is 6.30. The third-order valence-electron chi connectivity index (χ3n) is 5.07. The second kappa shape index (κ2) is 6.92. The Hall–Kier alpha value is -1.27. The van der Waals surface area contributed by atoms with Crippen molar-refractivity contribution >= 4 is 17.5 Å². The van der Waals surface area contributed by atoms with Gasteiger partial charge in [0.1, 0.15) is 0 Å². The molecule has 2 saturated heterocycles. The standard InChI is InChI=1S/C17H20ClF3N2O/c18-13-3-1-11(2-4-13)10-23-14-5-6-15(23)8-12(7-14)9-22-16(24)17(19,20)21/h1-4,12,14-15H,5-10H2,(H,22,24)/t12?,14-,15+. The van der Waals surface area contributed by atoms with Gasteiger partial charge >= 0.3 is 12.1 Å². The van der Waals surface area contributed by atoms with E-state index in [0.717, 1.165) is 32.2 Å². The molecule has 0 aliphatic carbocycles. The van der Waals surface area contributed by atoms with E-state index in [4.69, 9.17) is 11.6 Å². The molecule has 2 aliphatic rings. The summed E-state index contributed by atoms with van der Waals surface area (Å²) in [7, 11) is 0. The first kappa shape index (κ1) is 17.5. The molecule has 1 N–H and O–H groups in total. The molecule has 24 heavy (non-hydrogen) atoms. The summed E-state index contributed by atoms with van der Waals surface area (Å²) >= 11 is 5.91.